The molecule has 9 heavy (non-hydrogen) atoms. The number of piperidine rings is 1. The second-order valence-electron chi connectivity index (χ2n) is 3.41. The fraction of sp³-hybridized carbons (Fsp3) is 1.00. The Balaban J connectivity index is 2.15. The lowest BCUT2D eigenvalue weighted by atomic mass is 10.0. The molecule has 52 valence electrons. The molecule has 0 amide bonds. The molecule has 0 aromatic heterocycles. The predicted molar refractivity (Wildman–Crippen MR) is 36.6 cm³/mol. The molecule has 1 saturated heterocycles. The second-order valence-corrected chi connectivity index (χ2v) is 3.41. The van der Waals surface area contributed by atoms with E-state index in [9.17, 15) is 0 Å². The van der Waals surface area contributed by atoms with Crippen molar-refractivity contribution in [1.29, 1.82) is 0 Å². The van der Waals surface area contributed by atoms with Gasteiger partial charge in [0.25, 0.3) is 0 Å². The largest absolute Gasteiger partial charge is 0.268 e. The summed E-state index contributed by atoms with van der Waals surface area (Å²) < 4.78 is 0. The molecule has 2 bridgehead atoms. The third kappa shape index (κ3) is 0.634. The summed E-state index contributed by atoms with van der Waals surface area (Å²) in [5, 5.41) is 2.05. The molecular weight excluding hydrogens is 112 g/mol. The van der Waals surface area contributed by atoms with E-state index in [1.165, 1.54) is 19.3 Å². The van der Waals surface area contributed by atoms with Crippen LogP contribution in [0.5, 0.6) is 0 Å². The van der Waals surface area contributed by atoms with Gasteiger partial charge < -0.3 is 0 Å². The number of nitrogens with two attached hydrogens (primary N) is 1. The third-order valence-electron chi connectivity index (χ3n) is 3.02. The maximum Gasteiger partial charge on any atom is 0.0247 e. The molecule has 3 atom stereocenters. The lowest BCUT2D eigenvalue weighted by Gasteiger charge is -2.27. The van der Waals surface area contributed by atoms with E-state index in [-0.39, 0.29) is 0 Å². The first kappa shape index (κ1) is 5.69. The van der Waals surface area contributed by atoms with E-state index in [2.05, 4.69) is 6.92 Å². The molecule has 2 rings (SSSR count). The lowest BCUT2D eigenvalue weighted by molar-refractivity contribution is 0.154. The molecule has 0 aromatic carbocycles. The first-order valence-corrected chi connectivity index (χ1v) is 3.82. The zero-order valence-electron chi connectivity index (χ0n) is 5.88. The van der Waals surface area contributed by atoms with Crippen molar-refractivity contribution in [3.63, 3.8) is 0 Å². The van der Waals surface area contributed by atoms with Crippen molar-refractivity contribution >= 4 is 0 Å². The first-order valence-electron chi connectivity index (χ1n) is 3.82. The molecule has 2 nitrogen and oxygen atoms in total. The Morgan fingerprint density at radius 1 is 1.44 bits per heavy atom. The highest BCUT2D eigenvalue weighted by Gasteiger charge is 2.41. The van der Waals surface area contributed by atoms with Gasteiger partial charge in [0.05, 0.1) is 0 Å². The summed E-state index contributed by atoms with van der Waals surface area (Å²) in [4.78, 5) is 0. The van der Waals surface area contributed by atoms with Gasteiger partial charge in [-0.15, -0.1) is 0 Å². The normalized spacial score (nSPS) is 50.7. The average Bonchev–Trinajstić information content (AvgIpc) is 2.37. The molecule has 0 spiro atoms. The van der Waals surface area contributed by atoms with Crippen LogP contribution in [0.4, 0.5) is 0 Å². The quantitative estimate of drug-likeness (QED) is 0.485. The van der Waals surface area contributed by atoms with Crippen LogP contribution in [0.15, 0.2) is 0 Å². The molecular formula is C7H14N2. The van der Waals surface area contributed by atoms with Gasteiger partial charge in [-0.25, -0.2) is 5.01 Å². The standard InChI is InChI=1S/C7H14N2/c1-5-6-2-3-7(4-6)9(5)8/h5-7H,2-4,8H2,1H3/t5-,6+,7-/m1/s1. The molecule has 2 heteroatoms. The maximum absolute atomic E-state index is 5.80. The Labute approximate surface area is 56.0 Å². The van der Waals surface area contributed by atoms with Gasteiger partial charge in [-0.3, -0.25) is 5.84 Å². The Morgan fingerprint density at radius 3 is 2.56 bits per heavy atom. The highest BCUT2D eigenvalue weighted by Crippen LogP contribution is 2.39. The minimum Gasteiger partial charge on any atom is -0.268 e. The van der Waals surface area contributed by atoms with Crippen molar-refractivity contribution in [2.24, 2.45) is 11.8 Å². The lowest BCUT2D eigenvalue weighted by Crippen LogP contribution is -2.44. The maximum atomic E-state index is 5.80. The van der Waals surface area contributed by atoms with Crippen LogP contribution >= 0.6 is 0 Å². The average molecular weight is 126 g/mol. The number of hydrazine groups is 1. The first-order chi connectivity index (χ1) is 4.29. The van der Waals surface area contributed by atoms with Crippen LogP contribution in [0.25, 0.3) is 0 Å². The molecule has 2 N–H and O–H groups in total. The summed E-state index contributed by atoms with van der Waals surface area (Å²) in [6.45, 7) is 2.24. The highest BCUT2D eigenvalue weighted by atomic mass is 15.5. The van der Waals surface area contributed by atoms with Crippen molar-refractivity contribution in [2.45, 2.75) is 38.3 Å². The Morgan fingerprint density at radius 2 is 2.22 bits per heavy atom. The van der Waals surface area contributed by atoms with E-state index in [0.29, 0.717) is 6.04 Å². The molecule has 2 aliphatic rings. The van der Waals surface area contributed by atoms with E-state index in [0.717, 1.165) is 12.0 Å². The smallest absolute Gasteiger partial charge is 0.0247 e. The zero-order valence-corrected chi connectivity index (χ0v) is 5.88. The topological polar surface area (TPSA) is 29.3 Å². The third-order valence-corrected chi connectivity index (χ3v) is 3.02. The van der Waals surface area contributed by atoms with Crippen LogP contribution in [-0.2, 0) is 0 Å². The van der Waals surface area contributed by atoms with Crippen LogP contribution in [0.2, 0.25) is 0 Å². The fourth-order valence-electron chi connectivity index (χ4n) is 2.28. The van der Waals surface area contributed by atoms with Crippen LogP contribution in [0.1, 0.15) is 26.2 Å². The molecule has 2 fully saturated rings. The minimum absolute atomic E-state index is 0.656. The molecule has 1 saturated carbocycles. The summed E-state index contributed by atoms with van der Waals surface area (Å²) in [5.41, 5.74) is 0. The van der Waals surface area contributed by atoms with E-state index in [1.54, 1.807) is 0 Å². The fourth-order valence-corrected chi connectivity index (χ4v) is 2.28. The van der Waals surface area contributed by atoms with Gasteiger partial charge in [0.15, 0.2) is 0 Å². The van der Waals surface area contributed by atoms with E-state index in [4.69, 9.17) is 5.84 Å². The van der Waals surface area contributed by atoms with Gasteiger partial charge in [-0.2, -0.15) is 0 Å². The second kappa shape index (κ2) is 1.70. The van der Waals surface area contributed by atoms with Crippen LogP contribution in [0.3, 0.4) is 0 Å². The van der Waals surface area contributed by atoms with E-state index >= 15 is 0 Å². The molecule has 0 radical (unpaired) electrons. The van der Waals surface area contributed by atoms with Crippen LogP contribution < -0.4 is 5.84 Å². The Hall–Kier alpha value is -0.0800. The van der Waals surface area contributed by atoms with Gasteiger partial charge in [-0.05, 0) is 32.1 Å². The van der Waals surface area contributed by atoms with Gasteiger partial charge in [0.1, 0.15) is 0 Å². The van der Waals surface area contributed by atoms with Crippen LogP contribution in [-0.4, -0.2) is 17.1 Å². The summed E-state index contributed by atoms with van der Waals surface area (Å²) in [5.74, 6) is 6.71. The van der Waals surface area contributed by atoms with Gasteiger partial charge in [0, 0.05) is 12.1 Å². The van der Waals surface area contributed by atoms with Crippen molar-refractivity contribution in [3.05, 3.63) is 0 Å². The van der Waals surface area contributed by atoms with Crippen molar-refractivity contribution in [2.75, 3.05) is 0 Å². The van der Waals surface area contributed by atoms with E-state index in [1.807, 2.05) is 5.01 Å². The number of hydrogen-bond acceptors (Lipinski definition) is 2. The number of hydrogen-bond donors (Lipinski definition) is 1. The highest BCUT2D eigenvalue weighted by molar-refractivity contribution is 4.94. The van der Waals surface area contributed by atoms with Gasteiger partial charge in [-0.1, -0.05) is 0 Å². The minimum atomic E-state index is 0.656. The van der Waals surface area contributed by atoms with Crippen LogP contribution in [0, 0.1) is 5.92 Å². The summed E-state index contributed by atoms with van der Waals surface area (Å²) in [7, 11) is 0. The zero-order chi connectivity index (χ0) is 6.43. The Kier molecular flexibility index (Phi) is 1.08. The molecule has 1 aliphatic carbocycles. The van der Waals surface area contributed by atoms with Crippen molar-refractivity contribution < 1.29 is 0 Å². The number of nitrogens with zero attached hydrogens (tertiary/aromatic N) is 1. The predicted octanol–water partition coefficient (Wildman–Crippen LogP) is 0.733. The number of fused-ring (bicyclic) bond motifs is 2. The molecule has 0 unspecified atom stereocenters. The molecule has 1 aliphatic heterocycles. The van der Waals surface area contributed by atoms with Crippen molar-refractivity contribution in [1.82, 2.24) is 5.01 Å². The Bertz CT molecular complexity index is 106. The summed E-state index contributed by atoms with van der Waals surface area (Å²) in [6, 6.07) is 1.38. The summed E-state index contributed by atoms with van der Waals surface area (Å²) >= 11 is 0. The van der Waals surface area contributed by atoms with Crippen molar-refractivity contribution in [3.8, 4) is 0 Å². The molecule has 0 aromatic rings. The van der Waals surface area contributed by atoms with Gasteiger partial charge in [0.2, 0.25) is 0 Å². The SMILES string of the molecule is C[C@@H]1[C@H]2CC[C@H](C2)N1N. The monoisotopic (exact) mass is 126 g/mol. The van der Waals surface area contributed by atoms with Gasteiger partial charge >= 0.3 is 0 Å². The summed E-state index contributed by atoms with van der Waals surface area (Å²) in [6.07, 6.45) is 4.11. The number of rotatable bonds is 0. The van der Waals surface area contributed by atoms with E-state index < -0.39 is 0 Å². The molecule has 1 heterocycles.